The van der Waals surface area contributed by atoms with Crippen molar-refractivity contribution < 1.29 is 9.53 Å². The van der Waals surface area contributed by atoms with E-state index in [2.05, 4.69) is 17.3 Å². The molecule has 1 N–H and O–H groups in total. The maximum Gasteiger partial charge on any atom is 0.159 e. The van der Waals surface area contributed by atoms with E-state index < -0.39 is 0 Å². The number of nitrogens with zero attached hydrogens (tertiary/aromatic N) is 1. The van der Waals surface area contributed by atoms with Crippen LogP contribution in [-0.4, -0.2) is 43.5 Å². The van der Waals surface area contributed by atoms with Gasteiger partial charge in [0.25, 0.3) is 0 Å². The van der Waals surface area contributed by atoms with Crippen molar-refractivity contribution in [2.75, 3.05) is 26.7 Å². The van der Waals surface area contributed by atoms with Crippen molar-refractivity contribution in [3.05, 3.63) is 29.3 Å². The molecule has 0 bridgehead atoms. The highest BCUT2D eigenvalue weighted by molar-refractivity contribution is 5.94. The molecule has 0 saturated carbocycles. The van der Waals surface area contributed by atoms with Gasteiger partial charge in [0.15, 0.2) is 5.78 Å². The fraction of sp³-hybridized carbons (Fsp3) is 0.562. The van der Waals surface area contributed by atoms with Gasteiger partial charge in [-0.25, -0.2) is 0 Å². The first-order valence-electron chi connectivity index (χ1n) is 7.29. The Morgan fingerprint density at radius 1 is 1.50 bits per heavy atom. The van der Waals surface area contributed by atoms with E-state index in [4.69, 9.17) is 4.74 Å². The quantitative estimate of drug-likeness (QED) is 0.808. The third-order valence-electron chi connectivity index (χ3n) is 3.84. The summed E-state index contributed by atoms with van der Waals surface area (Å²) in [6.07, 6.45) is 1.17. The zero-order chi connectivity index (χ0) is 14.5. The van der Waals surface area contributed by atoms with Crippen molar-refractivity contribution in [3.8, 4) is 5.75 Å². The Bertz CT molecular complexity index is 468. The summed E-state index contributed by atoms with van der Waals surface area (Å²) in [6.45, 7) is 7.15. The summed E-state index contributed by atoms with van der Waals surface area (Å²) in [5.74, 6) is 0.981. The van der Waals surface area contributed by atoms with E-state index in [0.29, 0.717) is 12.6 Å². The van der Waals surface area contributed by atoms with Crippen molar-refractivity contribution in [1.29, 1.82) is 0 Å². The molecule has 0 spiro atoms. The SMILES string of the molecule is CCOc1ccc(C(C)=O)cc1CN(C)C1CCNC1. The molecule has 0 aliphatic carbocycles. The maximum atomic E-state index is 11.5. The van der Waals surface area contributed by atoms with E-state index in [1.807, 2.05) is 25.1 Å². The van der Waals surface area contributed by atoms with Gasteiger partial charge in [0.2, 0.25) is 0 Å². The molecule has 1 unspecified atom stereocenters. The van der Waals surface area contributed by atoms with Crippen LogP contribution in [0.4, 0.5) is 0 Å². The lowest BCUT2D eigenvalue weighted by molar-refractivity contribution is 0.101. The third kappa shape index (κ3) is 3.58. The lowest BCUT2D eigenvalue weighted by Gasteiger charge is -2.24. The average molecular weight is 276 g/mol. The number of hydrogen-bond acceptors (Lipinski definition) is 4. The molecular weight excluding hydrogens is 252 g/mol. The monoisotopic (exact) mass is 276 g/mol. The van der Waals surface area contributed by atoms with E-state index in [-0.39, 0.29) is 5.78 Å². The summed E-state index contributed by atoms with van der Waals surface area (Å²) in [5.41, 5.74) is 1.84. The van der Waals surface area contributed by atoms with Crippen LogP contribution in [0.25, 0.3) is 0 Å². The van der Waals surface area contributed by atoms with Gasteiger partial charge in [-0.3, -0.25) is 9.69 Å². The van der Waals surface area contributed by atoms with Crippen molar-refractivity contribution in [2.45, 2.75) is 32.9 Å². The van der Waals surface area contributed by atoms with Gasteiger partial charge in [0.1, 0.15) is 5.75 Å². The Morgan fingerprint density at radius 2 is 2.30 bits per heavy atom. The van der Waals surface area contributed by atoms with Gasteiger partial charge in [-0.05, 0) is 52.1 Å². The molecule has 0 amide bonds. The van der Waals surface area contributed by atoms with Crippen LogP contribution >= 0.6 is 0 Å². The second-order valence-electron chi connectivity index (χ2n) is 5.37. The van der Waals surface area contributed by atoms with Crippen LogP contribution in [0.15, 0.2) is 18.2 Å². The molecule has 1 aromatic carbocycles. The number of Topliss-reactive ketones (excluding diaryl/α,β-unsaturated/α-hetero) is 1. The first-order valence-corrected chi connectivity index (χ1v) is 7.29. The summed E-state index contributed by atoms with van der Waals surface area (Å²) in [6, 6.07) is 6.28. The van der Waals surface area contributed by atoms with Crippen LogP contribution in [0.3, 0.4) is 0 Å². The van der Waals surface area contributed by atoms with Crippen LogP contribution in [0, 0.1) is 0 Å². The fourth-order valence-electron chi connectivity index (χ4n) is 2.63. The molecule has 1 atom stereocenters. The Morgan fingerprint density at radius 3 is 2.90 bits per heavy atom. The Balaban J connectivity index is 2.17. The molecular formula is C16H24N2O2. The van der Waals surface area contributed by atoms with Crippen LogP contribution in [0.5, 0.6) is 5.75 Å². The standard InChI is InChI=1S/C16H24N2O2/c1-4-20-16-6-5-13(12(2)19)9-14(16)11-18(3)15-7-8-17-10-15/h5-6,9,15,17H,4,7-8,10-11H2,1-3H3. The average Bonchev–Trinajstić information content (AvgIpc) is 2.94. The zero-order valence-corrected chi connectivity index (χ0v) is 12.6. The van der Waals surface area contributed by atoms with Gasteiger partial charge in [-0.2, -0.15) is 0 Å². The van der Waals surface area contributed by atoms with Crippen molar-refractivity contribution in [3.63, 3.8) is 0 Å². The minimum atomic E-state index is 0.0967. The maximum absolute atomic E-state index is 11.5. The number of ketones is 1. The second-order valence-corrected chi connectivity index (χ2v) is 5.37. The molecule has 4 heteroatoms. The molecule has 1 aliphatic rings. The molecule has 1 aliphatic heterocycles. The highest BCUT2D eigenvalue weighted by Gasteiger charge is 2.20. The summed E-state index contributed by atoms with van der Waals surface area (Å²) < 4.78 is 5.68. The molecule has 2 rings (SSSR count). The van der Waals surface area contributed by atoms with Gasteiger partial charge < -0.3 is 10.1 Å². The minimum Gasteiger partial charge on any atom is -0.494 e. The number of nitrogens with one attached hydrogen (secondary N) is 1. The summed E-state index contributed by atoms with van der Waals surface area (Å²) in [7, 11) is 2.13. The first-order chi connectivity index (χ1) is 9.61. The summed E-state index contributed by atoms with van der Waals surface area (Å²) >= 11 is 0. The fourth-order valence-corrected chi connectivity index (χ4v) is 2.63. The van der Waals surface area contributed by atoms with E-state index in [1.54, 1.807) is 6.92 Å². The van der Waals surface area contributed by atoms with Gasteiger partial charge in [0.05, 0.1) is 6.61 Å². The number of carbonyl (C=O) groups excluding carboxylic acids is 1. The lowest BCUT2D eigenvalue weighted by Crippen LogP contribution is -2.33. The molecule has 0 radical (unpaired) electrons. The van der Waals surface area contributed by atoms with E-state index in [1.165, 1.54) is 6.42 Å². The van der Waals surface area contributed by atoms with Crippen LogP contribution < -0.4 is 10.1 Å². The van der Waals surface area contributed by atoms with Crippen LogP contribution in [0.1, 0.15) is 36.2 Å². The predicted molar refractivity (Wildman–Crippen MR) is 80.4 cm³/mol. The van der Waals surface area contributed by atoms with Gasteiger partial charge in [-0.15, -0.1) is 0 Å². The summed E-state index contributed by atoms with van der Waals surface area (Å²) in [5, 5.41) is 3.38. The molecule has 0 aromatic heterocycles. The van der Waals surface area contributed by atoms with E-state index in [0.717, 1.165) is 36.5 Å². The number of hydrogen-bond donors (Lipinski definition) is 1. The minimum absolute atomic E-state index is 0.0967. The topological polar surface area (TPSA) is 41.6 Å². The number of benzene rings is 1. The lowest BCUT2D eigenvalue weighted by atomic mass is 10.1. The van der Waals surface area contributed by atoms with Crippen molar-refractivity contribution in [2.24, 2.45) is 0 Å². The Hall–Kier alpha value is -1.39. The molecule has 1 fully saturated rings. The van der Waals surface area contributed by atoms with E-state index in [9.17, 15) is 4.79 Å². The number of carbonyl (C=O) groups is 1. The van der Waals surface area contributed by atoms with Crippen molar-refractivity contribution >= 4 is 5.78 Å². The number of likely N-dealkylation sites (N-methyl/N-ethyl adjacent to an activating group) is 1. The van der Waals surface area contributed by atoms with E-state index >= 15 is 0 Å². The highest BCUT2D eigenvalue weighted by atomic mass is 16.5. The van der Waals surface area contributed by atoms with Gasteiger partial charge in [0, 0.05) is 30.3 Å². The third-order valence-corrected chi connectivity index (χ3v) is 3.84. The zero-order valence-electron chi connectivity index (χ0n) is 12.6. The Labute approximate surface area is 121 Å². The number of ether oxygens (including phenoxy) is 1. The van der Waals surface area contributed by atoms with Crippen molar-refractivity contribution in [1.82, 2.24) is 10.2 Å². The van der Waals surface area contributed by atoms with Gasteiger partial charge >= 0.3 is 0 Å². The predicted octanol–water partition coefficient (Wildman–Crippen LogP) is 2.08. The molecule has 110 valence electrons. The second kappa shape index (κ2) is 6.86. The molecule has 20 heavy (non-hydrogen) atoms. The molecule has 1 saturated heterocycles. The largest absolute Gasteiger partial charge is 0.494 e. The van der Waals surface area contributed by atoms with Crippen LogP contribution in [0.2, 0.25) is 0 Å². The Kier molecular flexibility index (Phi) is 5.15. The molecule has 1 heterocycles. The molecule has 1 aromatic rings. The number of rotatable bonds is 6. The highest BCUT2D eigenvalue weighted by Crippen LogP contribution is 2.23. The van der Waals surface area contributed by atoms with Crippen LogP contribution in [-0.2, 0) is 6.54 Å². The normalized spacial score (nSPS) is 18.5. The molecule has 4 nitrogen and oxygen atoms in total. The summed E-state index contributed by atoms with van der Waals surface area (Å²) in [4.78, 5) is 13.9. The van der Waals surface area contributed by atoms with Gasteiger partial charge in [-0.1, -0.05) is 0 Å². The smallest absolute Gasteiger partial charge is 0.159 e. The first kappa shape index (κ1) is 15.0.